The minimum atomic E-state index is -0.279. The topological polar surface area (TPSA) is 92.6 Å². The van der Waals surface area contributed by atoms with Crippen LogP contribution in [0.5, 0.6) is 11.5 Å². The summed E-state index contributed by atoms with van der Waals surface area (Å²) in [5.41, 5.74) is 3.50. The van der Waals surface area contributed by atoms with Crippen molar-refractivity contribution in [3.05, 3.63) is 76.7 Å². The van der Waals surface area contributed by atoms with Gasteiger partial charge in [-0.3, -0.25) is 19.6 Å². The molecule has 3 heterocycles. The van der Waals surface area contributed by atoms with Gasteiger partial charge in [0.2, 0.25) is 5.65 Å². The number of aryl methyl sites for hydroxylation is 2. The molecule has 2 aromatic carbocycles. The molecule has 5 rings (SSSR count). The number of aromatic amines is 1. The number of hydrogen-bond acceptors (Lipinski definition) is 5. The number of aromatic nitrogens is 4. The maximum absolute atomic E-state index is 12.7. The van der Waals surface area contributed by atoms with Crippen LogP contribution in [0.2, 0.25) is 0 Å². The third-order valence-electron chi connectivity index (χ3n) is 5.71. The minimum Gasteiger partial charge on any atom is -0.451 e. The van der Waals surface area contributed by atoms with E-state index in [0.717, 1.165) is 23.4 Å². The smallest absolute Gasteiger partial charge is 0.261 e. The molecule has 0 saturated carbocycles. The molecule has 2 aromatic heterocycles. The SMILES string of the molecule is CCc1[nH]n2nc(C(C)CN3C(=O)c4ccccc4C3=O)nc2c1Oc1ccc(C)cc1. The first-order valence-electron chi connectivity index (χ1n) is 10.6. The summed E-state index contributed by atoms with van der Waals surface area (Å²) in [6, 6.07) is 14.7. The Morgan fingerprint density at radius 2 is 1.69 bits per heavy atom. The molecule has 32 heavy (non-hydrogen) atoms. The third-order valence-corrected chi connectivity index (χ3v) is 5.71. The van der Waals surface area contributed by atoms with Gasteiger partial charge in [-0.15, -0.1) is 9.73 Å². The predicted octanol–water partition coefficient (Wildman–Crippen LogP) is 4.12. The number of benzene rings is 2. The van der Waals surface area contributed by atoms with E-state index < -0.39 is 0 Å². The number of rotatable bonds is 6. The number of nitrogens with one attached hydrogen (secondary N) is 1. The van der Waals surface area contributed by atoms with Gasteiger partial charge in [0.05, 0.1) is 16.8 Å². The van der Waals surface area contributed by atoms with E-state index in [1.807, 2.05) is 45.0 Å². The van der Waals surface area contributed by atoms with Crippen LogP contribution in [0.1, 0.15) is 57.6 Å². The molecule has 8 nitrogen and oxygen atoms in total. The maximum atomic E-state index is 12.7. The number of H-pyrrole nitrogens is 1. The van der Waals surface area contributed by atoms with Crippen molar-refractivity contribution in [2.24, 2.45) is 0 Å². The van der Waals surface area contributed by atoms with Crippen LogP contribution < -0.4 is 4.74 Å². The third kappa shape index (κ3) is 3.24. The highest BCUT2D eigenvalue weighted by Crippen LogP contribution is 2.31. The van der Waals surface area contributed by atoms with Crippen LogP contribution in [-0.2, 0) is 6.42 Å². The van der Waals surface area contributed by atoms with Crippen molar-refractivity contribution >= 4 is 17.5 Å². The van der Waals surface area contributed by atoms with Crippen molar-refractivity contribution in [1.82, 2.24) is 24.7 Å². The zero-order chi connectivity index (χ0) is 22.4. The molecular formula is C24H23N5O3. The number of fused-ring (bicyclic) bond motifs is 2. The minimum absolute atomic E-state index is 0.203. The average molecular weight is 429 g/mol. The van der Waals surface area contributed by atoms with Crippen LogP contribution in [-0.4, -0.2) is 43.1 Å². The molecule has 0 bridgehead atoms. The molecule has 0 saturated heterocycles. The largest absolute Gasteiger partial charge is 0.451 e. The van der Waals surface area contributed by atoms with Crippen molar-refractivity contribution in [2.75, 3.05) is 6.54 Å². The van der Waals surface area contributed by atoms with Gasteiger partial charge in [0.1, 0.15) is 5.75 Å². The van der Waals surface area contributed by atoms with Crippen LogP contribution in [0.25, 0.3) is 5.65 Å². The quantitative estimate of drug-likeness (QED) is 0.466. The fourth-order valence-corrected chi connectivity index (χ4v) is 3.91. The van der Waals surface area contributed by atoms with Crippen molar-refractivity contribution in [1.29, 1.82) is 0 Å². The Balaban J connectivity index is 1.41. The Morgan fingerprint density at radius 3 is 2.31 bits per heavy atom. The fourth-order valence-electron chi connectivity index (χ4n) is 3.91. The summed E-state index contributed by atoms with van der Waals surface area (Å²) >= 11 is 0. The predicted molar refractivity (Wildman–Crippen MR) is 118 cm³/mol. The molecule has 1 unspecified atom stereocenters. The van der Waals surface area contributed by atoms with Gasteiger partial charge in [0.15, 0.2) is 11.6 Å². The van der Waals surface area contributed by atoms with E-state index in [1.165, 1.54) is 4.90 Å². The van der Waals surface area contributed by atoms with Crippen LogP contribution in [0.3, 0.4) is 0 Å². The Kier molecular flexibility index (Phi) is 4.77. The Hall–Kier alpha value is -3.94. The lowest BCUT2D eigenvalue weighted by Gasteiger charge is -2.17. The Morgan fingerprint density at radius 1 is 1.03 bits per heavy atom. The molecule has 1 aliphatic rings. The molecular weight excluding hydrogens is 406 g/mol. The van der Waals surface area contributed by atoms with Gasteiger partial charge >= 0.3 is 0 Å². The van der Waals surface area contributed by atoms with E-state index in [9.17, 15) is 9.59 Å². The lowest BCUT2D eigenvalue weighted by atomic mass is 10.1. The molecule has 0 fully saturated rings. The van der Waals surface area contributed by atoms with Gasteiger partial charge in [-0.2, -0.15) is 0 Å². The number of nitrogens with zero attached hydrogens (tertiary/aromatic N) is 4. The molecule has 1 aliphatic heterocycles. The summed E-state index contributed by atoms with van der Waals surface area (Å²) in [5, 5.41) is 7.78. The second-order valence-corrected chi connectivity index (χ2v) is 8.06. The molecule has 1 N–H and O–H groups in total. The summed E-state index contributed by atoms with van der Waals surface area (Å²) in [4.78, 5) is 31.3. The molecule has 4 aromatic rings. The Bertz CT molecular complexity index is 1300. The van der Waals surface area contributed by atoms with Gasteiger partial charge in [-0.25, -0.2) is 4.98 Å². The number of amides is 2. The first-order chi connectivity index (χ1) is 15.5. The standard InChI is InChI=1S/C24H23N5O3/c1-4-19-20(32-16-11-9-14(2)10-12-16)22-25-21(27-29(22)26-19)15(3)13-28-23(30)17-7-5-6-8-18(17)24(28)31/h5-12,15,26H,4,13H2,1-3H3. The Labute approximate surface area is 184 Å². The van der Waals surface area contributed by atoms with E-state index in [4.69, 9.17) is 4.74 Å². The lowest BCUT2D eigenvalue weighted by Crippen LogP contribution is -2.33. The number of hydrogen-bond donors (Lipinski definition) is 1. The van der Waals surface area contributed by atoms with E-state index in [2.05, 4.69) is 15.2 Å². The fraction of sp³-hybridized carbons (Fsp3) is 0.250. The highest BCUT2D eigenvalue weighted by Gasteiger charge is 2.36. The van der Waals surface area contributed by atoms with Gasteiger partial charge in [-0.05, 0) is 37.6 Å². The summed E-state index contributed by atoms with van der Waals surface area (Å²) in [6.07, 6.45) is 0.728. The second kappa shape index (κ2) is 7.64. The van der Waals surface area contributed by atoms with Crippen molar-refractivity contribution in [2.45, 2.75) is 33.1 Å². The summed E-state index contributed by atoms with van der Waals surface area (Å²) in [6.45, 7) is 6.16. The molecule has 0 spiro atoms. The number of imide groups is 1. The van der Waals surface area contributed by atoms with Crippen molar-refractivity contribution in [3.8, 4) is 11.5 Å². The van der Waals surface area contributed by atoms with E-state index >= 15 is 0 Å². The van der Waals surface area contributed by atoms with E-state index in [-0.39, 0.29) is 24.3 Å². The van der Waals surface area contributed by atoms with E-state index in [1.54, 1.807) is 28.9 Å². The molecule has 162 valence electrons. The average Bonchev–Trinajstić information content (AvgIpc) is 3.43. The maximum Gasteiger partial charge on any atom is 0.261 e. The number of ether oxygens (including phenoxy) is 1. The van der Waals surface area contributed by atoms with E-state index in [0.29, 0.717) is 28.3 Å². The number of carbonyl (C=O) groups excluding carboxylic acids is 2. The van der Waals surface area contributed by atoms with Crippen molar-refractivity contribution in [3.63, 3.8) is 0 Å². The monoisotopic (exact) mass is 429 g/mol. The van der Waals surface area contributed by atoms with Gasteiger partial charge < -0.3 is 4.74 Å². The first kappa shape index (κ1) is 20.0. The molecule has 8 heteroatoms. The van der Waals surface area contributed by atoms with Crippen molar-refractivity contribution < 1.29 is 14.3 Å². The molecule has 1 atom stereocenters. The molecule has 2 amide bonds. The van der Waals surface area contributed by atoms with Gasteiger partial charge in [-0.1, -0.05) is 43.7 Å². The summed E-state index contributed by atoms with van der Waals surface area (Å²) in [5.74, 6) is 1.07. The molecule has 0 aliphatic carbocycles. The molecule has 0 radical (unpaired) electrons. The van der Waals surface area contributed by atoms with Gasteiger partial charge in [0, 0.05) is 12.5 Å². The zero-order valence-corrected chi connectivity index (χ0v) is 18.1. The second-order valence-electron chi connectivity index (χ2n) is 8.06. The highest BCUT2D eigenvalue weighted by atomic mass is 16.5. The summed E-state index contributed by atoms with van der Waals surface area (Å²) in [7, 11) is 0. The van der Waals surface area contributed by atoms with Crippen LogP contribution in [0.15, 0.2) is 48.5 Å². The van der Waals surface area contributed by atoms with Crippen LogP contribution >= 0.6 is 0 Å². The lowest BCUT2D eigenvalue weighted by molar-refractivity contribution is 0.0645. The first-order valence-corrected chi connectivity index (χ1v) is 10.6. The number of carbonyl (C=O) groups is 2. The highest BCUT2D eigenvalue weighted by molar-refractivity contribution is 6.21. The van der Waals surface area contributed by atoms with Crippen LogP contribution in [0.4, 0.5) is 0 Å². The zero-order valence-electron chi connectivity index (χ0n) is 18.1. The summed E-state index contributed by atoms with van der Waals surface area (Å²) < 4.78 is 7.73. The normalized spacial score (nSPS) is 14.3. The van der Waals surface area contributed by atoms with Gasteiger partial charge in [0.25, 0.3) is 11.8 Å². The van der Waals surface area contributed by atoms with Crippen LogP contribution in [0, 0.1) is 6.92 Å².